The number of allylic oxidation sites excluding steroid dienone is 11. The molecule has 2 aliphatic rings. The molecule has 23 nitrogen and oxygen atoms in total. The van der Waals surface area contributed by atoms with Gasteiger partial charge in [-0.3, -0.25) is 0 Å². The van der Waals surface area contributed by atoms with Crippen molar-refractivity contribution in [1.29, 1.82) is 0 Å². The van der Waals surface area contributed by atoms with Crippen LogP contribution in [0.2, 0.25) is 0 Å². The van der Waals surface area contributed by atoms with Crippen LogP contribution in [0.4, 0.5) is 0 Å². The van der Waals surface area contributed by atoms with Gasteiger partial charge in [0.05, 0.1) is 92.1 Å². The van der Waals surface area contributed by atoms with Gasteiger partial charge in [0.25, 0.3) is 0 Å². The molecule has 0 bridgehead atoms. The van der Waals surface area contributed by atoms with Gasteiger partial charge in [-0.05, 0) is 128 Å². The zero-order valence-electron chi connectivity index (χ0n) is 53.1. The monoisotopic (exact) mass is 1300 g/mol. The van der Waals surface area contributed by atoms with Gasteiger partial charge in [-0.25, -0.2) is 0 Å². The lowest BCUT2D eigenvalue weighted by atomic mass is 9.87. The van der Waals surface area contributed by atoms with Crippen LogP contribution < -0.4 is 0 Å². The molecular weight excluding hydrogens is 1180 g/mol. The number of rotatable bonds is 47. The second-order valence-electron chi connectivity index (χ2n) is 24.7. The van der Waals surface area contributed by atoms with Crippen molar-refractivity contribution in [2.45, 2.75) is 289 Å². The van der Waals surface area contributed by atoms with Crippen LogP contribution in [-0.2, 0) is 9.47 Å². The summed E-state index contributed by atoms with van der Waals surface area (Å²) in [5, 5.41) is 223. The Labute approximate surface area is 537 Å². The molecular formula is C68H114O23. The van der Waals surface area contributed by atoms with E-state index in [9.17, 15) is 102 Å². The van der Waals surface area contributed by atoms with Gasteiger partial charge in [0.15, 0.2) is 0 Å². The molecule has 25 atom stereocenters. The normalized spacial score (nSPS) is 27.3. The molecule has 0 aromatic rings. The van der Waals surface area contributed by atoms with Gasteiger partial charge in [-0.15, -0.1) is 0 Å². The summed E-state index contributed by atoms with van der Waals surface area (Å²) < 4.78 is 11.6. The van der Waals surface area contributed by atoms with E-state index >= 15 is 0 Å². The molecule has 0 unspecified atom stereocenters. The Balaban J connectivity index is 1.80. The lowest BCUT2D eigenvalue weighted by molar-refractivity contribution is -0.234. The van der Waals surface area contributed by atoms with Gasteiger partial charge in [-0.2, -0.15) is 0 Å². The average Bonchev–Trinajstić information content (AvgIpc) is 1.00. The van der Waals surface area contributed by atoms with E-state index in [1.165, 1.54) is 18.2 Å². The summed E-state index contributed by atoms with van der Waals surface area (Å²) in [4.78, 5) is 0. The maximum atomic E-state index is 11.2. The zero-order valence-corrected chi connectivity index (χ0v) is 53.1. The van der Waals surface area contributed by atoms with Crippen LogP contribution in [0.3, 0.4) is 0 Å². The first-order valence-electron chi connectivity index (χ1n) is 32.3. The fourth-order valence-electron chi connectivity index (χ4n) is 10.7. The lowest BCUT2D eigenvalue weighted by Crippen LogP contribution is -2.59. The summed E-state index contributed by atoms with van der Waals surface area (Å²) in [6.07, 6.45) is -1.20. The van der Waals surface area contributed by atoms with Crippen molar-refractivity contribution < 1.29 is 117 Å². The standard InChI is InChI=1S/C68H114O23/c1-5-6-7-8-9-10-11-12-13-14-15-16-17-18-30-52(77)62(85)67-65(88)57(82)40-59(91-67)66(89)61(84)43(3)33-35-51(76)58-39-56(81)64(87)68(90-58)63(86)54(79)36-42(2)32-34-48(73)38-55(80)60(83)44(4)37-53(78)50(75)31-22-28-47(72)26-20-24-45(70)23-19-25-46(71)27-21-29-49(74)41-69/h5-7,10-15,18-19,21,23,27,30,36,44-89H,1,3,8-9,16-17,20,22,24-26,28-29,31-35,37-41H2,2,4H3/b7-6+,11-10+,13-12+,15-14+,23-19+,27-21+,30-18+,42-36+/t44-,45-,46+,47-,48-,49+,50-,51+,52-,53-,54+,55-,56+,57+,58+,59+,60+,61+,62-,63-,64+,65+,66-,67-,68-/m0/s1. The van der Waals surface area contributed by atoms with Crippen LogP contribution >= 0.6 is 0 Å². The van der Waals surface area contributed by atoms with Crippen LogP contribution in [0, 0.1) is 5.92 Å². The molecule has 524 valence electrons. The van der Waals surface area contributed by atoms with E-state index < -0.39 is 152 Å². The van der Waals surface area contributed by atoms with Crippen LogP contribution in [0.15, 0.2) is 122 Å². The second kappa shape index (κ2) is 46.6. The number of hydrogen-bond donors (Lipinski definition) is 21. The van der Waals surface area contributed by atoms with Gasteiger partial charge in [0.1, 0.15) is 61.0 Å². The summed E-state index contributed by atoms with van der Waals surface area (Å²) in [7, 11) is 0. The minimum Gasteiger partial charge on any atom is -0.394 e. The summed E-state index contributed by atoms with van der Waals surface area (Å²) in [6.45, 7) is 10.2. The first-order chi connectivity index (χ1) is 43.1. The van der Waals surface area contributed by atoms with Crippen LogP contribution in [0.5, 0.6) is 0 Å². The SMILES string of the molecule is C=C/C=C/CC/C=C/C=C/C=C/CC/C=C/[C@H](O)[C@H](O)[C@@H]1O[C@@H]([C@H](O)[C@H](O)C(=C)CC[C@@H](O)[C@H]2C[C@@H](O)[C@@H](O)[C@H]([C@@H](O)[C@H](O)/C=C(\C)CC[C@H](O)C[C@H](O)[C@H](O)[C@@H](C)C[C@H](O)[C@@H](O)CCC[C@@H](O)CCC[C@@H](O)/C=C/C[C@@H](O)/C=C/C[C@@H](O)CO)O2)C[C@@H](O)[C@H]1O. The Kier molecular flexibility index (Phi) is 42.8. The third-order valence-corrected chi connectivity index (χ3v) is 16.6. The zero-order chi connectivity index (χ0) is 68.2. The molecule has 21 N–H and O–H groups in total. The molecule has 0 aliphatic carbocycles. The largest absolute Gasteiger partial charge is 0.394 e. The van der Waals surface area contributed by atoms with E-state index in [-0.39, 0.29) is 82.8 Å². The smallest absolute Gasteiger partial charge is 0.115 e. The van der Waals surface area contributed by atoms with Crippen molar-refractivity contribution in [1.82, 2.24) is 0 Å². The summed E-state index contributed by atoms with van der Waals surface area (Å²) in [6, 6.07) is 0. The first-order valence-corrected chi connectivity index (χ1v) is 32.3. The summed E-state index contributed by atoms with van der Waals surface area (Å²) >= 11 is 0. The number of ether oxygens (including phenoxy) is 2. The number of aliphatic hydroxyl groups is 21. The molecule has 0 aromatic heterocycles. The van der Waals surface area contributed by atoms with Crippen LogP contribution in [-0.4, -0.2) is 260 Å². The quantitative estimate of drug-likeness (QED) is 0.0227. The first kappa shape index (κ1) is 83.6. The third-order valence-electron chi connectivity index (χ3n) is 16.6. The Morgan fingerprint density at radius 1 is 0.505 bits per heavy atom. The minimum absolute atomic E-state index is 0.00186. The average molecular weight is 1300 g/mol. The van der Waals surface area contributed by atoms with Crippen molar-refractivity contribution >= 4 is 0 Å². The molecule has 2 fully saturated rings. The molecule has 23 heteroatoms. The molecule has 2 heterocycles. The highest BCUT2D eigenvalue weighted by atomic mass is 16.6. The fourth-order valence-corrected chi connectivity index (χ4v) is 10.7. The molecule has 2 rings (SSSR count). The van der Waals surface area contributed by atoms with Crippen molar-refractivity contribution in [2.24, 2.45) is 5.92 Å². The lowest BCUT2D eigenvalue weighted by Gasteiger charge is -2.42. The Morgan fingerprint density at radius 2 is 1.04 bits per heavy atom. The molecule has 2 saturated heterocycles. The van der Waals surface area contributed by atoms with Crippen molar-refractivity contribution in [3.8, 4) is 0 Å². The van der Waals surface area contributed by atoms with Gasteiger partial charge in [0.2, 0.25) is 0 Å². The predicted molar refractivity (Wildman–Crippen MR) is 343 cm³/mol. The molecule has 0 spiro atoms. The highest BCUT2D eigenvalue weighted by Crippen LogP contribution is 2.32. The minimum atomic E-state index is -1.83. The maximum absolute atomic E-state index is 11.2. The highest BCUT2D eigenvalue weighted by Gasteiger charge is 2.47. The number of aliphatic hydroxyl groups excluding tert-OH is 21. The fraction of sp³-hybridized carbons (Fsp3) is 0.706. The molecule has 0 radical (unpaired) electrons. The number of hydrogen-bond acceptors (Lipinski definition) is 23. The van der Waals surface area contributed by atoms with E-state index in [1.54, 1.807) is 44.2 Å². The van der Waals surface area contributed by atoms with Crippen molar-refractivity contribution in [3.05, 3.63) is 122 Å². The van der Waals surface area contributed by atoms with Gasteiger partial charge in [0, 0.05) is 19.3 Å². The molecule has 91 heavy (non-hydrogen) atoms. The Bertz CT molecular complexity index is 2200. The van der Waals surface area contributed by atoms with E-state index in [4.69, 9.17) is 14.6 Å². The van der Waals surface area contributed by atoms with Gasteiger partial charge >= 0.3 is 0 Å². The predicted octanol–water partition coefficient (Wildman–Crippen LogP) is 0.752. The van der Waals surface area contributed by atoms with Crippen LogP contribution in [0.25, 0.3) is 0 Å². The number of unbranched alkanes of at least 4 members (excludes halogenated alkanes) is 2. The Morgan fingerprint density at radius 3 is 1.65 bits per heavy atom. The van der Waals surface area contributed by atoms with Gasteiger partial charge in [-0.1, -0.05) is 123 Å². The molecule has 0 aromatic carbocycles. The van der Waals surface area contributed by atoms with E-state index in [0.717, 1.165) is 12.8 Å². The highest BCUT2D eigenvalue weighted by molar-refractivity contribution is 5.13. The summed E-state index contributed by atoms with van der Waals surface area (Å²) in [5.74, 6) is -0.708. The maximum Gasteiger partial charge on any atom is 0.115 e. The summed E-state index contributed by atoms with van der Waals surface area (Å²) in [5.41, 5.74) is 0.469. The van der Waals surface area contributed by atoms with E-state index in [2.05, 4.69) is 19.2 Å². The molecule has 0 saturated carbocycles. The van der Waals surface area contributed by atoms with Crippen molar-refractivity contribution in [3.63, 3.8) is 0 Å². The topological polar surface area (TPSA) is 443 Å². The van der Waals surface area contributed by atoms with Crippen molar-refractivity contribution in [2.75, 3.05) is 6.61 Å². The van der Waals surface area contributed by atoms with Crippen LogP contribution in [0.1, 0.15) is 142 Å². The second-order valence-corrected chi connectivity index (χ2v) is 24.7. The third kappa shape index (κ3) is 33.1. The molecule has 0 amide bonds. The van der Waals surface area contributed by atoms with E-state index in [0.29, 0.717) is 50.5 Å². The van der Waals surface area contributed by atoms with Gasteiger partial charge < -0.3 is 117 Å². The Hall–Kier alpha value is -3.52. The molecule has 2 aliphatic heterocycles. The van der Waals surface area contributed by atoms with E-state index in [1.807, 2.05) is 42.5 Å².